The number of nitrogens with zero attached hydrogens (tertiary/aromatic N) is 1. The number of halogens is 2. The number of hydrogen-bond acceptors (Lipinski definition) is 6. The number of hydrogen-bond donors (Lipinski definition) is 1. The van der Waals surface area contributed by atoms with E-state index in [0.717, 1.165) is 33.1 Å². The highest BCUT2D eigenvalue weighted by molar-refractivity contribution is 9.10. The highest BCUT2D eigenvalue weighted by Crippen LogP contribution is 2.39. The number of amides is 2. The van der Waals surface area contributed by atoms with E-state index < -0.39 is 11.8 Å². The number of carbonyl (C=O) groups excluding carboxylic acids is 2. The average Bonchev–Trinajstić information content (AvgIpc) is 3.19. The second kappa shape index (κ2) is 11.8. The second-order valence-electron chi connectivity index (χ2n) is 8.43. The number of fused-ring (bicyclic) bond motifs is 1. The Kier molecular flexibility index (Phi) is 8.23. The first-order chi connectivity index (χ1) is 18.8. The molecule has 0 aromatic heterocycles. The zero-order chi connectivity index (χ0) is 27.5. The maximum atomic E-state index is 13.1. The molecule has 1 aliphatic rings. The van der Waals surface area contributed by atoms with Gasteiger partial charge in [-0.05, 0) is 92.5 Å². The molecule has 5 rings (SSSR count). The van der Waals surface area contributed by atoms with Crippen LogP contribution in [0.15, 0.2) is 88.2 Å². The Hall–Kier alpha value is -3.37. The van der Waals surface area contributed by atoms with E-state index in [1.165, 1.54) is 0 Å². The van der Waals surface area contributed by atoms with Crippen LogP contribution in [0.1, 0.15) is 21.5 Å². The zero-order valence-corrected chi connectivity index (χ0v) is 24.4. The van der Waals surface area contributed by atoms with Crippen molar-refractivity contribution in [2.45, 2.75) is 6.61 Å². The summed E-state index contributed by atoms with van der Waals surface area (Å²) >= 11 is 15.9. The molecule has 0 radical (unpaired) electrons. The van der Waals surface area contributed by atoms with Crippen LogP contribution in [0.25, 0.3) is 16.8 Å². The van der Waals surface area contributed by atoms with E-state index in [-0.39, 0.29) is 4.32 Å². The summed E-state index contributed by atoms with van der Waals surface area (Å²) in [5.74, 6) is 0.146. The predicted octanol–water partition coefficient (Wildman–Crippen LogP) is 7.39. The highest BCUT2D eigenvalue weighted by Gasteiger charge is 2.34. The topological polar surface area (TPSA) is 67.9 Å². The first-order valence-corrected chi connectivity index (χ1v) is 14.0. The van der Waals surface area contributed by atoms with Gasteiger partial charge in [0.05, 0.1) is 16.5 Å². The van der Waals surface area contributed by atoms with E-state index in [1.54, 1.807) is 43.5 Å². The minimum Gasteiger partial charge on any atom is -0.493 e. The quantitative estimate of drug-likeness (QED) is 0.168. The molecule has 0 atom stereocenters. The lowest BCUT2D eigenvalue weighted by atomic mass is 10.1. The fourth-order valence-corrected chi connectivity index (χ4v) is 5.89. The summed E-state index contributed by atoms with van der Waals surface area (Å²) in [5, 5.41) is 3.83. The van der Waals surface area contributed by atoms with Crippen LogP contribution in [0.2, 0.25) is 5.02 Å². The molecule has 4 aromatic rings. The Balaban J connectivity index is 1.34. The van der Waals surface area contributed by atoms with Crippen LogP contribution >= 0.6 is 51.5 Å². The number of nitrogens with one attached hydrogen (secondary N) is 1. The lowest BCUT2D eigenvalue weighted by molar-refractivity contribution is -0.123. The Morgan fingerprint density at radius 1 is 1.10 bits per heavy atom. The third kappa shape index (κ3) is 5.96. The van der Waals surface area contributed by atoms with Crippen molar-refractivity contribution >= 4 is 84.5 Å². The number of methoxy groups -OCH3 is 1. The van der Waals surface area contributed by atoms with Crippen LogP contribution in [-0.2, 0) is 11.4 Å². The Morgan fingerprint density at radius 2 is 1.85 bits per heavy atom. The smallest absolute Gasteiger partial charge is 0.285 e. The first kappa shape index (κ1) is 27.2. The van der Waals surface area contributed by atoms with Gasteiger partial charge in [-0.3, -0.25) is 15.0 Å². The zero-order valence-electron chi connectivity index (χ0n) is 20.4. The molecular weight excluding hydrogens is 620 g/mol. The van der Waals surface area contributed by atoms with Gasteiger partial charge >= 0.3 is 0 Å². The number of ether oxygens (including phenoxy) is 2. The van der Waals surface area contributed by atoms with E-state index in [9.17, 15) is 9.59 Å². The third-order valence-corrected chi connectivity index (χ3v) is 8.06. The van der Waals surface area contributed by atoms with Crippen molar-refractivity contribution in [3.05, 3.63) is 110 Å². The van der Waals surface area contributed by atoms with Crippen molar-refractivity contribution in [3.63, 3.8) is 0 Å². The minimum atomic E-state index is -0.471. The van der Waals surface area contributed by atoms with E-state index in [0.29, 0.717) is 43.6 Å². The normalized spacial score (nSPS) is 14.2. The lowest BCUT2D eigenvalue weighted by Gasteiger charge is -2.16. The summed E-state index contributed by atoms with van der Waals surface area (Å²) in [6, 6.07) is 24.2. The van der Waals surface area contributed by atoms with Crippen LogP contribution in [0, 0.1) is 0 Å². The maximum Gasteiger partial charge on any atom is 0.285 e. The fraction of sp³-hybridized carbons (Fsp3) is 0.0690. The lowest BCUT2D eigenvalue weighted by Crippen LogP contribution is -2.44. The molecular formula is C29H20BrClN2O4S2. The summed E-state index contributed by atoms with van der Waals surface area (Å²) in [6.45, 7) is 0.349. The summed E-state index contributed by atoms with van der Waals surface area (Å²) < 4.78 is 12.7. The molecule has 1 heterocycles. The van der Waals surface area contributed by atoms with Gasteiger partial charge in [0.2, 0.25) is 0 Å². The Bertz CT molecular complexity index is 1640. The van der Waals surface area contributed by atoms with Crippen LogP contribution in [0.5, 0.6) is 11.5 Å². The van der Waals surface area contributed by atoms with Crippen molar-refractivity contribution in [2.24, 2.45) is 0 Å². The minimum absolute atomic E-state index is 0.217. The molecule has 1 N–H and O–H groups in total. The highest BCUT2D eigenvalue weighted by atomic mass is 79.9. The molecule has 0 saturated carbocycles. The monoisotopic (exact) mass is 638 g/mol. The summed E-state index contributed by atoms with van der Waals surface area (Å²) in [4.78, 5) is 26.0. The molecule has 10 heteroatoms. The summed E-state index contributed by atoms with van der Waals surface area (Å²) in [5.41, 5.74) is 4.66. The molecule has 1 saturated heterocycles. The predicted molar refractivity (Wildman–Crippen MR) is 163 cm³/mol. The van der Waals surface area contributed by atoms with Crippen LogP contribution in [0.4, 0.5) is 0 Å². The number of thiocarbonyl (C=S) groups is 1. The van der Waals surface area contributed by atoms with Gasteiger partial charge in [0.1, 0.15) is 6.61 Å². The Labute approximate surface area is 248 Å². The maximum absolute atomic E-state index is 13.1. The number of rotatable bonds is 7. The molecule has 0 spiro atoms. The van der Waals surface area contributed by atoms with Crippen molar-refractivity contribution in [1.29, 1.82) is 0 Å². The number of thioether (sulfide) groups is 1. The van der Waals surface area contributed by atoms with Crippen molar-refractivity contribution < 1.29 is 19.1 Å². The first-order valence-electron chi connectivity index (χ1n) is 11.7. The van der Waals surface area contributed by atoms with Crippen molar-refractivity contribution in [2.75, 3.05) is 7.11 Å². The third-order valence-electron chi connectivity index (χ3n) is 5.91. The largest absolute Gasteiger partial charge is 0.493 e. The molecule has 2 amide bonds. The molecule has 6 nitrogen and oxygen atoms in total. The molecule has 4 aromatic carbocycles. The van der Waals surface area contributed by atoms with Gasteiger partial charge in [-0.15, -0.1) is 0 Å². The van der Waals surface area contributed by atoms with Crippen LogP contribution in [-0.4, -0.2) is 28.3 Å². The van der Waals surface area contributed by atoms with Gasteiger partial charge in [-0.2, -0.15) is 5.01 Å². The van der Waals surface area contributed by atoms with Gasteiger partial charge in [0, 0.05) is 10.6 Å². The fourth-order valence-electron chi connectivity index (χ4n) is 4.01. The van der Waals surface area contributed by atoms with Gasteiger partial charge in [0.25, 0.3) is 11.8 Å². The van der Waals surface area contributed by atoms with Crippen molar-refractivity contribution in [3.8, 4) is 11.5 Å². The molecule has 39 heavy (non-hydrogen) atoms. The standard InChI is InChI=1S/C29H20BrClN2O4S2/c1-36-24-14-17(13-23(30)26(24)37-16-20-7-4-6-18-5-2-3-8-22(18)20)15-25-28(35)33(29(38)39-25)32-27(34)19-9-11-21(31)12-10-19/h2-15H,16H2,1H3,(H,32,34)/b25-15+. The summed E-state index contributed by atoms with van der Waals surface area (Å²) in [7, 11) is 1.56. The number of carbonyl (C=O) groups is 2. The Morgan fingerprint density at radius 3 is 2.62 bits per heavy atom. The number of benzene rings is 4. The summed E-state index contributed by atoms with van der Waals surface area (Å²) in [6.07, 6.45) is 1.69. The van der Waals surface area contributed by atoms with Gasteiger partial charge in [-0.25, -0.2) is 0 Å². The molecule has 1 aliphatic heterocycles. The van der Waals surface area contributed by atoms with E-state index in [2.05, 4.69) is 39.6 Å². The van der Waals surface area contributed by atoms with Crippen molar-refractivity contribution in [1.82, 2.24) is 10.4 Å². The average molecular weight is 640 g/mol. The van der Waals surface area contributed by atoms with Gasteiger partial charge < -0.3 is 9.47 Å². The van der Waals surface area contributed by atoms with Crippen LogP contribution < -0.4 is 14.9 Å². The molecule has 1 fully saturated rings. The molecule has 0 aliphatic carbocycles. The van der Waals surface area contributed by atoms with Gasteiger partial charge in [-0.1, -0.05) is 65.8 Å². The van der Waals surface area contributed by atoms with Gasteiger partial charge in [0.15, 0.2) is 15.8 Å². The molecule has 196 valence electrons. The van der Waals surface area contributed by atoms with E-state index in [1.807, 2.05) is 30.3 Å². The number of hydrazine groups is 1. The van der Waals surface area contributed by atoms with E-state index in [4.69, 9.17) is 33.3 Å². The molecule has 0 bridgehead atoms. The van der Waals surface area contributed by atoms with Crippen LogP contribution in [0.3, 0.4) is 0 Å². The molecule has 0 unspecified atom stereocenters. The SMILES string of the molecule is COc1cc(/C=C2/SC(=S)N(NC(=O)c3ccc(Cl)cc3)C2=O)cc(Br)c1OCc1cccc2ccccc12. The van der Waals surface area contributed by atoms with E-state index >= 15 is 0 Å². The second-order valence-corrected chi connectivity index (χ2v) is 11.4.